The number of anilines is 2. The van der Waals surface area contributed by atoms with Gasteiger partial charge < -0.3 is 41.3 Å². The number of rotatable bonds is 6. The van der Waals surface area contributed by atoms with Crippen LogP contribution < -0.4 is 10.6 Å². The molecule has 0 atom stereocenters. The second-order valence-corrected chi connectivity index (χ2v) is 6.87. The molecule has 12 nitrogen and oxygen atoms in total. The van der Waals surface area contributed by atoms with Crippen LogP contribution in [0.15, 0.2) is 48.5 Å². The fourth-order valence-corrected chi connectivity index (χ4v) is 2.93. The molecule has 0 saturated heterocycles. The first-order chi connectivity index (χ1) is 16.0. The minimum atomic E-state index is -1.45. The Balaban J connectivity index is 1.90. The van der Waals surface area contributed by atoms with Crippen molar-refractivity contribution in [2.75, 3.05) is 10.6 Å². The van der Waals surface area contributed by atoms with E-state index in [2.05, 4.69) is 10.6 Å². The van der Waals surface area contributed by atoms with Crippen LogP contribution in [-0.4, -0.2) is 54.4 Å². The number of nitrogens with one attached hydrogen (secondary N) is 2. The molecule has 0 unspecified atom stereocenters. The monoisotopic (exact) mass is 468 g/mol. The number of amides is 2. The number of phenols is 4. The summed E-state index contributed by atoms with van der Waals surface area (Å²) in [7, 11) is 0. The lowest BCUT2D eigenvalue weighted by Crippen LogP contribution is -2.17. The smallest absolute Gasteiger partial charge is 0.339 e. The molecule has 0 aliphatic heterocycles. The van der Waals surface area contributed by atoms with Gasteiger partial charge in [-0.25, -0.2) is 9.59 Å². The van der Waals surface area contributed by atoms with E-state index in [0.29, 0.717) is 0 Å². The Labute approximate surface area is 190 Å². The number of aromatic carboxylic acids is 2. The molecular formula is C22H16N2O10. The van der Waals surface area contributed by atoms with E-state index in [0.717, 1.165) is 36.4 Å². The van der Waals surface area contributed by atoms with Gasteiger partial charge in [0.2, 0.25) is 0 Å². The van der Waals surface area contributed by atoms with Crippen LogP contribution in [0, 0.1) is 0 Å². The normalized spacial score (nSPS) is 10.4. The largest absolute Gasteiger partial charge is 0.508 e. The highest BCUT2D eigenvalue weighted by Crippen LogP contribution is 2.31. The zero-order valence-electron chi connectivity index (χ0n) is 16.9. The van der Waals surface area contributed by atoms with E-state index in [1.54, 1.807) is 0 Å². The van der Waals surface area contributed by atoms with Gasteiger partial charge in [-0.15, -0.1) is 0 Å². The zero-order valence-corrected chi connectivity index (χ0v) is 16.9. The first kappa shape index (κ1) is 23.4. The molecule has 0 aromatic heterocycles. The molecule has 12 heteroatoms. The van der Waals surface area contributed by atoms with Crippen LogP contribution in [0.1, 0.15) is 41.4 Å². The summed E-state index contributed by atoms with van der Waals surface area (Å²) < 4.78 is 0. The van der Waals surface area contributed by atoms with Crippen molar-refractivity contribution in [3.63, 3.8) is 0 Å². The third kappa shape index (κ3) is 4.80. The average Bonchev–Trinajstić information content (AvgIpc) is 2.77. The molecule has 3 aromatic rings. The van der Waals surface area contributed by atoms with Crippen LogP contribution >= 0.6 is 0 Å². The Bertz CT molecular complexity index is 1250. The Morgan fingerprint density at radius 3 is 1.29 bits per heavy atom. The maximum atomic E-state index is 12.6. The Kier molecular flexibility index (Phi) is 6.25. The molecule has 0 aliphatic carbocycles. The number of carbonyl (C=O) groups excluding carboxylic acids is 2. The van der Waals surface area contributed by atoms with Gasteiger partial charge in [-0.2, -0.15) is 0 Å². The highest BCUT2D eigenvalue weighted by Gasteiger charge is 2.22. The van der Waals surface area contributed by atoms with Crippen LogP contribution in [-0.2, 0) is 0 Å². The van der Waals surface area contributed by atoms with Gasteiger partial charge in [-0.3, -0.25) is 9.59 Å². The average molecular weight is 468 g/mol. The van der Waals surface area contributed by atoms with Crippen molar-refractivity contribution in [1.82, 2.24) is 0 Å². The summed E-state index contributed by atoms with van der Waals surface area (Å²) in [4.78, 5) is 47.5. The molecule has 0 aliphatic rings. The van der Waals surface area contributed by atoms with Crippen molar-refractivity contribution in [2.45, 2.75) is 0 Å². The van der Waals surface area contributed by atoms with Crippen LogP contribution in [0.3, 0.4) is 0 Å². The van der Waals surface area contributed by atoms with Crippen molar-refractivity contribution in [2.24, 2.45) is 0 Å². The van der Waals surface area contributed by atoms with Crippen molar-refractivity contribution in [3.05, 3.63) is 70.8 Å². The lowest BCUT2D eigenvalue weighted by atomic mass is 10.1. The van der Waals surface area contributed by atoms with E-state index in [9.17, 15) is 39.6 Å². The van der Waals surface area contributed by atoms with Gasteiger partial charge in [0.15, 0.2) is 0 Å². The van der Waals surface area contributed by atoms with Crippen LogP contribution in [0.2, 0.25) is 0 Å². The quantitative estimate of drug-likeness (QED) is 0.247. The predicted octanol–water partition coefficient (Wildman–Crippen LogP) is 2.41. The molecule has 0 saturated carbocycles. The van der Waals surface area contributed by atoms with Gasteiger partial charge in [0, 0.05) is 11.4 Å². The fraction of sp³-hybridized carbons (Fsp3) is 0. The lowest BCUT2D eigenvalue weighted by Gasteiger charge is -2.13. The van der Waals surface area contributed by atoms with Gasteiger partial charge in [0.05, 0.1) is 11.1 Å². The summed E-state index contributed by atoms with van der Waals surface area (Å²) in [5, 5.41) is 62.3. The number of carboxylic acids is 2. The number of hydrogen-bond acceptors (Lipinski definition) is 8. The molecular weight excluding hydrogens is 452 g/mol. The van der Waals surface area contributed by atoms with Gasteiger partial charge in [-0.05, 0) is 48.5 Å². The lowest BCUT2D eigenvalue weighted by molar-refractivity contribution is 0.0682. The number of benzene rings is 3. The van der Waals surface area contributed by atoms with Crippen LogP contribution in [0.5, 0.6) is 23.0 Å². The molecule has 2 amide bonds. The highest BCUT2D eigenvalue weighted by molar-refractivity contribution is 6.12. The molecule has 0 radical (unpaired) electrons. The van der Waals surface area contributed by atoms with E-state index in [-0.39, 0.29) is 11.4 Å². The summed E-state index contributed by atoms with van der Waals surface area (Å²) in [6.07, 6.45) is 0. The number of carboxylic acid groups (broad SMARTS) is 2. The van der Waals surface area contributed by atoms with Gasteiger partial charge in [-0.1, -0.05) is 0 Å². The van der Waals surface area contributed by atoms with E-state index in [1.807, 2.05) is 0 Å². The number of phenolic OH excluding ortho intramolecular Hbond substituents is 2. The molecule has 34 heavy (non-hydrogen) atoms. The predicted molar refractivity (Wildman–Crippen MR) is 116 cm³/mol. The third-order valence-electron chi connectivity index (χ3n) is 4.55. The summed E-state index contributed by atoms with van der Waals surface area (Å²) in [6, 6.07) is 8.11. The van der Waals surface area contributed by atoms with Crippen LogP contribution in [0.4, 0.5) is 11.4 Å². The summed E-state index contributed by atoms with van der Waals surface area (Å²) in [6.45, 7) is 0. The minimum absolute atomic E-state index is 0.0563. The Morgan fingerprint density at radius 1 is 0.559 bits per heavy atom. The topological polar surface area (TPSA) is 214 Å². The second-order valence-electron chi connectivity index (χ2n) is 6.87. The zero-order chi connectivity index (χ0) is 25.2. The van der Waals surface area contributed by atoms with E-state index < -0.39 is 69.0 Å². The maximum Gasteiger partial charge on any atom is 0.339 e. The van der Waals surface area contributed by atoms with E-state index >= 15 is 0 Å². The number of carbonyl (C=O) groups is 4. The van der Waals surface area contributed by atoms with Crippen molar-refractivity contribution in [3.8, 4) is 23.0 Å². The van der Waals surface area contributed by atoms with Crippen LogP contribution in [0.25, 0.3) is 0 Å². The summed E-state index contributed by atoms with van der Waals surface area (Å²) in [5.41, 5.74) is -2.17. The van der Waals surface area contributed by atoms with E-state index in [4.69, 9.17) is 10.2 Å². The van der Waals surface area contributed by atoms with Gasteiger partial charge in [0.1, 0.15) is 34.1 Å². The molecule has 0 heterocycles. The highest BCUT2D eigenvalue weighted by atomic mass is 16.4. The Hall–Kier alpha value is -5.26. The molecule has 8 N–H and O–H groups in total. The molecule has 0 spiro atoms. The number of aromatic hydroxyl groups is 4. The van der Waals surface area contributed by atoms with Crippen molar-refractivity contribution >= 4 is 35.1 Å². The molecule has 0 bridgehead atoms. The van der Waals surface area contributed by atoms with Crippen molar-refractivity contribution in [1.29, 1.82) is 0 Å². The molecule has 3 aromatic carbocycles. The molecule has 0 fully saturated rings. The standard InChI is InChI=1S/C22H16N2O10/c25-11-7-14(19(29)23-9-1-3-16(26)12(5-9)21(31)32)18(28)15(8-11)20(30)24-10-2-4-17(27)13(6-10)22(33)34/h1-8,25-28H,(H,23,29)(H,24,30)(H,31,32)(H,33,34). The van der Waals surface area contributed by atoms with E-state index in [1.165, 1.54) is 12.1 Å². The molecule has 174 valence electrons. The fourth-order valence-electron chi connectivity index (χ4n) is 2.93. The SMILES string of the molecule is O=C(O)c1cc(NC(=O)c2cc(O)cc(C(=O)Nc3ccc(O)c(C(=O)O)c3)c2O)ccc1O. The maximum absolute atomic E-state index is 12.6. The Morgan fingerprint density at radius 2 is 0.941 bits per heavy atom. The molecule has 3 rings (SSSR count). The van der Waals surface area contributed by atoms with Crippen molar-refractivity contribution < 1.29 is 49.8 Å². The first-order valence-electron chi connectivity index (χ1n) is 9.29. The first-order valence-corrected chi connectivity index (χ1v) is 9.29. The third-order valence-corrected chi connectivity index (χ3v) is 4.55. The summed E-state index contributed by atoms with van der Waals surface area (Å²) in [5.74, 6) is -7.40. The number of hydrogen-bond donors (Lipinski definition) is 8. The summed E-state index contributed by atoms with van der Waals surface area (Å²) >= 11 is 0. The minimum Gasteiger partial charge on any atom is -0.508 e. The van der Waals surface area contributed by atoms with Gasteiger partial charge in [0.25, 0.3) is 11.8 Å². The second kappa shape index (κ2) is 9.08. The van der Waals surface area contributed by atoms with Gasteiger partial charge >= 0.3 is 11.9 Å².